The van der Waals surface area contributed by atoms with Crippen LogP contribution in [0.2, 0.25) is 0 Å². The number of halogens is 3. The number of nitrogens with one attached hydrogen (secondary N) is 1. The van der Waals surface area contributed by atoms with Crippen molar-refractivity contribution in [1.82, 2.24) is 30.1 Å². The van der Waals surface area contributed by atoms with Crippen LogP contribution in [-0.2, 0) is 19.1 Å². The number of benzene rings is 1. The van der Waals surface area contributed by atoms with E-state index < -0.39 is 11.7 Å². The molecule has 1 saturated heterocycles. The summed E-state index contributed by atoms with van der Waals surface area (Å²) in [6, 6.07) is 6.58. The first kappa shape index (κ1) is 21.0. The quantitative estimate of drug-likeness (QED) is 0.664. The Hall–Kier alpha value is -3.21. The van der Waals surface area contributed by atoms with Crippen molar-refractivity contribution in [1.29, 1.82) is 0 Å². The second-order valence-electron chi connectivity index (χ2n) is 7.29. The molecule has 3 aromatic rings. The third-order valence-electron chi connectivity index (χ3n) is 5.17. The summed E-state index contributed by atoms with van der Waals surface area (Å²) in [7, 11) is 0. The lowest BCUT2D eigenvalue weighted by Gasteiger charge is -2.33. The molecule has 4 rings (SSSR count). The molecular weight excluding hydrogens is 413 g/mol. The second kappa shape index (κ2) is 8.50. The molecule has 164 valence electrons. The van der Waals surface area contributed by atoms with Gasteiger partial charge in [-0.25, -0.2) is 0 Å². The Kier molecular flexibility index (Phi) is 5.77. The third-order valence-corrected chi connectivity index (χ3v) is 5.17. The lowest BCUT2D eigenvalue weighted by atomic mass is 10.1. The van der Waals surface area contributed by atoms with Gasteiger partial charge in [-0.15, -0.1) is 0 Å². The van der Waals surface area contributed by atoms with Gasteiger partial charge in [-0.2, -0.15) is 23.3 Å². The predicted molar refractivity (Wildman–Crippen MR) is 104 cm³/mol. The van der Waals surface area contributed by atoms with Crippen LogP contribution >= 0.6 is 0 Å². The van der Waals surface area contributed by atoms with Crippen molar-refractivity contribution in [2.24, 2.45) is 0 Å². The summed E-state index contributed by atoms with van der Waals surface area (Å²) in [4.78, 5) is 20.6. The maximum atomic E-state index is 12.9. The van der Waals surface area contributed by atoms with Crippen LogP contribution in [0.3, 0.4) is 0 Å². The number of hydrogen-bond donors (Lipinski definition) is 1. The van der Waals surface area contributed by atoms with Gasteiger partial charge in [-0.05, 0) is 24.6 Å². The first-order valence-corrected chi connectivity index (χ1v) is 9.89. The van der Waals surface area contributed by atoms with Crippen molar-refractivity contribution in [3.05, 3.63) is 53.2 Å². The van der Waals surface area contributed by atoms with Gasteiger partial charge < -0.3 is 9.42 Å². The zero-order chi connectivity index (χ0) is 22.0. The predicted octanol–water partition coefficient (Wildman–Crippen LogP) is 3.00. The maximum Gasteiger partial charge on any atom is 0.416 e. The molecule has 0 radical (unpaired) electrons. The smallest absolute Gasteiger partial charge is 0.338 e. The molecule has 1 amide bonds. The van der Waals surface area contributed by atoms with Crippen molar-refractivity contribution >= 4 is 5.91 Å². The average molecular weight is 434 g/mol. The van der Waals surface area contributed by atoms with E-state index in [-0.39, 0.29) is 17.3 Å². The fourth-order valence-corrected chi connectivity index (χ4v) is 3.39. The van der Waals surface area contributed by atoms with E-state index in [9.17, 15) is 18.0 Å². The van der Waals surface area contributed by atoms with Crippen molar-refractivity contribution in [3.8, 4) is 11.4 Å². The average Bonchev–Trinajstić information content (AvgIpc) is 3.43. The molecule has 0 spiro atoms. The van der Waals surface area contributed by atoms with Gasteiger partial charge in [0.25, 0.3) is 5.91 Å². The summed E-state index contributed by atoms with van der Waals surface area (Å²) in [6.45, 7) is 4.62. The Labute approximate surface area is 176 Å². The van der Waals surface area contributed by atoms with E-state index in [1.807, 2.05) is 6.92 Å². The Morgan fingerprint density at radius 2 is 1.97 bits per heavy atom. The normalized spacial score (nSPS) is 15.4. The van der Waals surface area contributed by atoms with E-state index in [1.54, 1.807) is 11.0 Å². The monoisotopic (exact) mass is 434 g/mol. The van der Waals surface area contributed by atoms with Crippen LogP contribution in [-0.4, -0.2) is 62.2 Å². The highest BCUT2D eigenvalue weighted by atomic mass is 19.4. The number of carbonyl (C=O) groups is 1. The number of rotatable bonds is 5. The third kappa shape index (κ3) is 4.76. The van der Waals surface area contributed by atoms with E-state index in [4.69, 9.17) is 4.52 Å². The Bertz CT molecular complexity index is 1050. The molecule has 0 atom stereocenters. The summed E-state index contributed by atoms with van der Waals surface area (Å²) < 4.78 is 44.0. The molecule has 8 nitrogen and oxygen atoms in total. The number of H-pyrrole nitrogens is 1. The van der Waals surface area contributed by atoms with Crippen LogP contribution in [0.4, 0.5) is 13.2 Å². The summed E-state index contributed by atoms with van der Waals surface area (Å²) in [5.41, 5.74) is 0.800. The van der Waals surface area contributed by atoms with E-state index in [2.05, 4.69) is 25.2 Å². The molecule has 1 aliphatic heterocycles. The van der Waals surface area contributed by atoms with Gasteiger partial charge in [0.15, 0.2) is 0 Å². The zero-order valence-electron chi connectivity index (χ0n) is 16.8. The highest BCUT2D eigenvalue weighted by Crippen LogP contribution is 2.31. The van der Waals surface area contributed by atoms with Crippen molar-refractivity contribution in [2.45, 2.75) is 26.1 Å². The van der Waals surface area contributed by atoms with Crippen molar-refractivity contribution in [3.63, 3.8) is 0 Å². The summed E-state index contributed by atoms with van der Waals surface area (Å²) in [6.07, 6.45) is -3.66. The van der Waals surface area contributed by atoms with Gasteiger partial charge in [0.1, 0.15) is 5.69 Å². The number of carbonyl (C=O) groups excluding carboxylic acids is 1. The molecule has 0 saturated carbocycles. The minimum absolute atomic E-state index is 0.111. The Morgan fingerprint density at radius 1 is 1.19 bits per heavy atom. The lowest BCUT2D eigenvalue weighted by Crippen LogP contribution is -2.48. The highest BCUT2D eigenvalue weighted by Gasteiger charge is 2.31. The molecule has 0 bridgehead atoms. The van der Waals surface area contributed by atoms with Gasteiger partial charge in [0, 0.05) is 37.4 Å². The molecule has 2 aromatic heterocycles. The number of aryl methyl sites for hydroxylation is 1. The fraction of sp³-hybridized carbons (Fsp3) is 0.400. The van der Waals surface area contributed by atoms with Crippen molar-refractivity contribution < 1.29 is 22.5 Å². The molecule has 1 N–H and O–H groups in total. The van der Waals surface area contributed by atoms with Crippen LogP contribution < -0.4 is 0 Å². The van der Waals surface area contributed by atoms with E-state index in [1.165, 1.54) is 12.1 Å². The fourth-order valence-electron chi connectivity index (χ4n) is 3.39. The molecule has 0 aliphatic carbocycles. The number of aromatic nitrogens is 4. The van der Waals surface area contributed by atoms with Crippen LogP contribution in [0.5, 0.6) is 0 Å². The topological polar surface area (TPSA) is 91.2 Å². The van der Waals surface area contributed by atoms with Crippen LogP contribution in [0, 0.1) is 0 Å². The number of nitrogens with zero attached hydrogens (tertiary/aromatic N) is 5. The summed E-state index contributed by atoms with van der Waals surface area (Å²) >= 11 is 0. The first-order valence-electron chi connectivity index (χ1n) is 9.89. The van der Waals surface area contributed by atoms with Gasteiger partial charge in [-0.3, -0.25) is 14.8 Å². The van der Waals surface area contributed by atoms with Gasteiger partial charge in [0.05, 0.1) is 12.1 Å². The minimum Gasteiger partial charge on any atom is -0.338 e. The Morgan fingerprint density at radius 3 is 2.65 bits per heavy atom. The molecule has 0 unspecified atom stereocenters. The highest BCUT2D eigenvalue weighted by molar-refractivity contribution is 5.92. The molecule has 11 heteroatoms. The SMILES string of the molecule is CCc1cc(C(=O)N2CCN(Cc3nc(-c4cccc(C(F)(F)F)c4)no3)CC2)n[nH]1. The standard InChI is InChI=1S/C20H21F3N6O2/c1-2-15-11-16(26-25-15)19(30)29-8-6-28(7-9-29)12-17-24-18(27-31-17)13-4-3-5-14(10-13)20(21,22)23/h3-5,10-11H,2,6-9,12H2,1H3,(H,25,26). The summed E-state index contributed by atoms with van der Waals surface area (Å²) in [5.74, 6) is 0.312. The van der Waals surface area contributed by atoms with E-state index in [0.29, 0.717) is 44.3 Å². The van der Waals surface area contributed by atoms with Crippen LogP contribution in [0.25, 0.3) is 11.4 Å². The number of piperazine rings is 1. The van der Waals surface area contributed by atoms with Gasteiger partial charge in [-0.1, -0.05) is 24.2 Å². The van der Waals surface area contributed by atoms with Crippen LogP contribution in [0.15, 0.2) is 34.9 Å². The van der Waals surface area contributed by atoms with Gasteiger partial charge >= 0.3 is 6.18 Å². The van der Waals surface area contributed by atoms with Gasteiger partial charge in [0.2, 0.25) is 11.7 Å². The lowest BCUT2D eigenvalue weighted by molar-refractivity contribution is -0.137. The molecule has 31 heavy (non-hydrogen) atoms. The molecule has 1 aromatic carbocycles. The second-order valence-corrected chi connectivity index (χ2v) is 7.29. The molecule has 1 aliphatic rings. The first-order chi connectivity index (χ1) is 14.8. The number of alkyl halides is 3. The van der Waals surface area contributed by atoms with E-state index in [0.717, 1.165) is 24.2 Å². The maximum absolute atomic E-state index is 12.9. The largest absolute Gasteiger partial charge is 0.416 e. The molecule has 3 heterocycles. The summed E-state index contributed by atoms with van der Waals surface area (Å²) in [5, 5.41) is 10.7. The zero-order valence-corrected chi connectivity index (χ0v) is 16.8. The Balaban J connectivity index is 1.34. The number of aromatic amines is 1. The van der Waals surface area contributed by atoms with Crippen molar-refractivity contribution in [2.75, 3.05) is 26.2 Å². The van der Waals surface area contributed by atoms with E-state index >= 15 is 0 Å². The minimum atomic E-state index is -4.44. The molecular formula is C20H21F3N6O2. The molecule has 1 fully saturated rings. The number of hydrogen-bond acceptors (Lipinski definition) is 6. The van der Waals surface area contributed by atoms with Crippen LogP contribution in [0.1, 0.15) is 34.6 Å². The number of amides is 1.